The van der Waals surface area contributed by atoms with Gasteiger partial charge < -0.3 is 9.47 Å². The lowest BCUT2D eigenvalue weighted by Crippen LogP contribution is -2.34. The standard InChI is InChI=1S/C14H17ClN4O5S/c1-10(7-23-2)24-12-4-3-11(15)5-13(12)25(21,22)18-14(20)6-19-9-16-8-17-19/h3-5,8-10H,6-7H2,1-2H3,(H,18,20). The molecule has 136 valence electrons. The van der Waals surface area contributed by atoms with Gasteiger partial charge in [-0.15, -0.1) is 0 Å². The normalized spacial score (nSPS) is 12.6. The van der Waals surface area contributed by atoms with Crippen molar-refractivity contribution in [1.82, 2.24) is 19.5 Å². The Morgan fingerprint density at radius 1 is 1.44 bits per heavy atom. The number of aromatic nitrogens is 3. The van der Waals surface area contributed by atoms with Gasteiger partial charge >= 0.3 is 0 Å². The summed E-state index contributed by atoms with van der Waals surface area (Å²) in [5.74, 6) is -0.712. The van der Waals surface area contributed by atoms with Gasteiger partial charge in [-0.3, -0.25) is 4.79 Å². The molecule has 1 heterocycles. The number of benzene rings is 1. The minimum atomic E-state index is -4.19. The molecule has 9 nitrogen and oxygen atoms in total. The van der Waals surface area contributed by atoms with Crippen molar-refractivity contribution in [3.8, 4) is 5.75 Å². The molecule has 0 bridgehead atoms. The Bertz CT molecular complexity index is 826. The van der Waals surface area contributed by atoms with E-state index < -0.39 is 22.0 Å². The zero-order valence-corrected chi connectivity index (χ0v) is 15.1. The van der Waals surface area contributed by atoms with Crippen LogP contribution in [0, 0.1) is 0 Å². The Kier molecular flexibility index (Phi) is 6.34. The van der Waals surface area contributed by atoms with Crippen molar-refractivity contribution in [3.05, 3.63) is 35.9 Å². The second-order valence-corrected chi connectivity index (χ2v) is 7.18. The summed E-state index contributed by atoms with van der Waals surface area (Å²) in [5, 5.41) is 3.93. The van der Waals surface area contributed by atoms with Crippen LogP contribution in [0.2, 0.25) is 5.02 Å². The lowest BCUT2D eigenvalue weighted by atomic mass is 10.3. The van der Waals surface area contributed by atoms with E-state index in [1.165, 1.54) is 42.6 Å². The first-order valence-corrected chi connectivity index (χ1v) is 9.01. The van der Waals surface area contributed by atoms with Gasteiger partial charge in [-0.05, 0) is 25.1 Å². The fourth-order valence-electron chi connectivity index (χ4n) is 1.97. The molecule has 0 spiro atoms. The van der Waals surface area contributed by atoms with Crippen molar-refractivity contribution in [1.29, 1.82) is 0 Å². The Morgan fingerprint density at radius 3 is 2.84 bits per heavy atom. The van der Waals surface area contributed by atoms with E-state index in [0.29, 0.717) is 0 Å². The van der Waals surface area contributed by atoms with Gasteiger partial charge in [0.2, 0.25) is 0 Å². The first kappa shape index (κ1) is 19.2. The molecule has 25 heavy (non-hydrogen) atoms. The zero-order valence-electron chi connectivity index (χ0n) is 13.5. The summed E-state index contributed by atoms with van der Waals surface area (Å²) < 4.78 is 38.8. The molecule has 0 aliphatic heterocycles. The van der Waals surface area contributed by atoms with Gasteiger partial charge in [0.05, 0.1) is 6.61 Å². The number of hydrogen-bond donors (Lipinski definition) is 1. The molecule has 1 amide bonds. The summed E-state index contributed by atoms with van der Waals surface area (Å²) in [4.78, 5) is 15.4. The summed E-state index contributed by atoms with van der Waals surface area (Å²) in [5.41, 5.74) is 0. The number of amides is 1. The molecule has 1 aromatic heterocycles. The van der Waals surface area contributed by atoms with E-state index >= 15 is 0 Å². The first-order valence-electron chi connectivity index (χ1n) is 7.15. The van der Waals surface area contributed by atoms with Crippen LogP contribution in [0.25, 0.3) is 0 Å². The van der Waals surface area contributed by atoms with E-state index in [9.17, 15) is 13.2 Å². The number of methoxy groups -OCH3 is 1. The van der Waals surface area contributed by atoms with E-state index in [-0.39, 0.29) is 28.8 Å². The highest BCUT2D eigenvalue weighted by Gasteiger charge is 2.24. The maximum atomic E-state index is 12.5. The number of sulfonamides is 1. The number of hydrogen-bond acceptors (Lipinski definition) is 7. The van der Waals surface area contributed by atoms with E-state index in [1.54, 1.807) is 6.92 Å². The topological polar surface area (TPSA) is 112 Å². The van der Waals surface area contributed by atoms with Gasteiger partial charge in [0.1, 0.15) is 35.9 Å². The second kappa shape index (κ2) is 8.28. The SMILES string of the molecule is COCC(C)Oc1ccc(Cl)cc1S(=O)(=O)NC(=O)Cn1cncn1. The molecule has 0 aliphatic carbocycles. The van der Waals surface area contributed by atoms with Crippen molar-refractivity contribution >= 4 is 27.5 Å². The third-order valence-corrected chi connectivity index (χ3v) is 4.57. The molecule has 1 N–H and O–H groups in total. The van der Waals surface area contributed by atoms with Gasteiger partial charge in [0, 0.05) is 12.1 Å². The Hall–Kier alpha value is -2.17. The summed E-state index contributed by atoms with van der Waals surface area (Å²) in [6.45, 7) is 1.69. The molecule has 0 saturated heterocycles. The third kappa shape index (κ3) is 5.41. The maximum Gasteiger partial charge on any atom is 0.267 e. The number of nitrogens with zero attached hydrogens (tertiary/aromatic N) is 3. The van der Waals surface area contributed by atoms with E-state index in [0.717, 1.165) is 0 Å². The van der Waals surface area contributed by atoms with Crippen LogP contribution in [-0.4, -0.2) is 48.9 Å². The maximum absolute atomic E-state index is 12.5. The van der Waals surface area contributed by atoms with Crippen LogP contribution in [0.3, 0.4) is 0 Å². The number of nitrogens with one attached hydrogen (secondary N) is 1. The molecular formula is C14H17ClN4O5S. The average Bonchev–Trinajstić information content (AvgIpc) is 3.01. The van der Waals surface area contributed by atoms with Crippen LogP contribution in [0.4, 0.5) is 0 Å². The zero-order chi connectivity index (χ0) is 18.4. The Labute approximate surface area is 150 Å². The number of halogens is 1. The monoisotopic (exact) mass is 388 g/mol. The van der Waals surface area contributed by atoms with Crippen LogP contribution in [0.1, 0.15) is 6.92 Å². The van der Waals surface area contributed by atoms with Crippen LogP contribution >= 0.6 is 11.6 Å². The molecule has 0 aliphatic rings. The molecule has 2 rings (SSSR count). The van der Waals surface area contributed by atoms with Crippen LogP contribution < -0.4 is 9.46 Å². The molecule has 11 heteroatoms. The fourth-order valence-corrected chi connectivity index (χ4v) is 3.35. The Morgan fingerprint density at radius 2 is 2.20 bits per heavy atom. The van der Waals surface area contributed by atoms with Crippen molar-refractivity contribution in [2.75, 3.05) is 13.7 Å². The molecule has 1 unspecified atom stereocenters. The lowest BCUT2D eigenvalue weighted by Gasteiger charge is -2.17. The molecule has 0 fully saturated rings. The van der Waals surface area contributed by atoms with E-state index in [4.69, 9.17) is 21.1 Å². The average molecular weight is 389 g/mol. The highest BCUT2D eigenvalue weighted by molar-refractivity contribution is 7.90. The lowest BCUT2D eigenvalue weighted by molar-refractivity contribution is -0.120. The molecule has 1 atom stereocenters. The van der Waals surface area contributed by atoms with Crippen molar-refractivity contribution < 1.29 is 22.7 Å². The van der Waals surface area contributed by atoms with Gasteiger partial charge in [-0.1, -0.05) is 11.6 Å². The number of ether oxygens (including phenoxy) is 2. The van der Waals surface area contributed by atoms with Gasteiger partial charge in [0.25, 0.3) is 15.9 Å². The highest BCUT2D eigenvalue weighted by Crippen LogP contribution is 2.28. The van der Waals surface area contributed by atoms with Gasteiger partial charge in [-0.25, -0.2) is 22.8 Å². The summed E-state index contributed by atoms with van der Waals surface area (Å²) >= 11 is 5.89. The van der Waals surface area contributed by atoms with E-state index in [1.807, 2.05) is 4.72 Å². The molecule has 0 saturated carbocycles. The van der Waals surface area contributed by atoms with Crippen molar-refractivity contribution in [2.24, 2.45) is 0 Å². The largest absolute Gasteiger partial charge is 0.487 e. The number of carbonyl (C=O) groups is 1. The van der Waals surface area contributed by atoms with Crippen molar-refractivity contribution in [2.45, 2.75) is 24.5 Å². The first-order chi connectivity index (χ1) is 11.8. The molecular weight excluding hydrogens is 372 g/mol. The van der Waals surface area contributed by atoms with Gasteiger partial charge in [0.15, 0.2) is 0 Å². The minimum absolute atomic E-state index is 0.0648. The van der Waals surface area contributed by atoms with E-state index in [2.05, 4.69) is 10.1 Å². The van der Waals surface area contributed by atoms with Crippen LogP contribution in [0.15, 0.2) is 35.7 Å². The molecule has 1 aromatic carbocycles. The van der Waals surface area contributed by atoms with Crippen LogP contribution in [-0.2, 0) is 26.1 Å². The summed E-state index contributed by atoms with van der Waals surface area (Å²) in [6, 6.07) is 4.12. The molecule has 0 radical (unpaired) electrons. The third-order valence-electron chi connectivity index (χ3n) is 2.95. The second-order valence-electron chi connectivity index (χ2n) is 5.10. The highest BCUT2D eigenvalue weighted by atomic mass is 35.5. The quantitative estimate of drug-likeness (QED) is 0.713. The minimum Gasteiger partial charge on any atom is -0.487 e. The van der Waals surface area contributed by atoms with Crippen molar-refractivity contribution in [3.63, 3.8) is 0 Å². The van der Waals surface area contributed by atoms with Gasteiger partial charge in [-0.2, -0.15) is 5.10 Å². The fraction of sp³-hybridized carbons (Fsp3) is 0.357. The smallest absolute Gasteiger partial charge is 0.267 e. The number of carbonyl (C=O) groups excluding carboxylic acids is 1. The molecule has 2 aromatic rings. The summed E-state index contributed by atoms with van der Waals surface area (Å²) in [6.07, 6.45) is 2.14. The predicted octanol–water partition coefficient (Wildman–Crippen LogP) is 0.850. The predicted molar refractivity (Wildman–Crippen MR) is 88.8 cm³/mol. The Balaban J connectivity index is 2.22. The number of rotatable bonds is 8. The summed E-state index contributed by atoms with van der Waals surface area (Å²) in [7, 11) is -2.68. The van der Waals surface area contributed by atoms with Crippen LogP contribution in [0.5, 0.6) is 5.75 Å².